The molecule has 0 saturated heterocycles. The van der Waals surface area contributed by atoms with Gasteiger partial charge in [0.25, 0.3) is 0 Å². The number of anilines is 3. The van der Waals surface area contributed by atoms with Gasteiger partial charge < -0.3 is 9.64 Å². The van der Waals surface area contributed by atoms with E-state index in [4.69, 9.17) is 4.74 Å². The first-order valence-electron chi connectivity index (χ1n) is 13.4. The van der Waals surface area contributed by atoms with E-state index in [2.05, 4.69) is 158 Å². The molecule has 6 aromatic carbocycles. The molecule has 0 fully saturated rings. The number of benzene rings is 6. The van der Waals surface area contributed by atoms with Gasteiger partial charge in [0.1, 0.15) is 19.6 Å². The lowest BCUT2D eigenvalue weighted by molar-refractivity contribution is 0.487. The summed E-state index contributed by atoms with van der Waals surface area (Å²) in [5.74, 6) is 2.00. The number of ether oxygens (including phenoxy) is 1. The average Bonchev–Trinajstić information content (AvgIpc) is 2.98. The fraction of sp³-hybridized carbons (Fsp3) is 0.0556. The molecule has 0 aliphatic carbocycles. The largest absolute Gasteiger partial charge is 0.458 e. The zero-order chi connectivity index (χ0) is 26.4. The SMILES string of the molecule is C[Si]1(C)c2ccccc2Oc2ccc(-c3ccc(N(c4ccccc4)c4cccc5ccccc45)cc3)cc21. The average molecular weight is 520 g/mol. The summed E-state index contributed by atoms with van der Waals surface area (Å²) >= 11 is 0. The second-order valence-corrected chi connectivity index (χ2v) is 15.0. The van der Waals surface area contributed by atoms with Crippen molar-refractivity contribution in [2.24, 2.45) is 0 Å². The Hall–Kier alpha value is -4.60. The minimum Gasteiger partial charge on any atom is -0.458 e. The third kappa shape index (κ3) is 4.03. The van der Waals surface area contributed by atoms with Crippen LogP contribution in [0.3, 0.4) is 0 Å². The molecule has 0 radical (unpaired) electrons. The second kappa shape index (κ2) is 9.30. The number of fused-ring (bicyclic) bond motifs is 3. The Bertz CT molecular complexity index is 1800. The van der Waals surface area contributed by atoms with Crippen LogP contribution in [0.4, 0.5) is 17.1 Å². The van der Waals surface area contributed by atoms with Crippen LogP contribution in [0.15, 0.2) is 140 Å². The maximum Gasteiger partial charge on any atom is 0.127 e. The molecule has 0 N–H and O–H groups in total. The van der Waals surface area contributed by atoms with Gasteiger partial charge in [-0.1, -0.05) is 110 Å². The first kappa shape index (κ1) is 23.5. The van der Waals surface area contributed by atoms with E-state index in [0.29, 0.717) is 0 Å². The molecule has 0 saturated carbocycles. The molecule has 0 atom stereocenters. The van der Waals surface area contributed by atoms with Crippen LogP contribution in [0.2, 0.25) is 13.1 Å². The molecule has 188 valence electrons. The molecule has 7 rings (SSSR count). The molecule has 3 heteroatoms. The van der Waals surface area contributed by atoms with Crippen molar-refractivity contribution in [2.45, 2.75) is 13.1 Å². The van der Waals surface area contributed by atoms with Crippen molar-refractivity contribution in [1.82, 2.24) is 0 Å². The zero-order valence-electron chi connectivity index (χ0n) is 22.1. The highest BCUT2D eigenvalue weighted by Crippen LogP contribution is 2.39. The van der Waals surface area contributed by atoms with Gasteiger partial charge >= 0.3 is 0 Å². The van der Waals surface area contributed by atoms with Gasteiger partial charge in [0.2, 0.25) is 0 Å². The first-order chi connectivity index (χ1) is 19.1. The third-order valence-electron chi connectivity index (χ3n) is 7.91. The lowest BCUT2D eigenvalue weighted by Crippen LogP contribution is -2.55. The molecule has 2 nitrogen and oxygen atoms in total. The molecule has 0 aromatic heterocycles. The van der Waals surface area contributed by atoms with Crippen LogP contribution in [-0.2, 0) is 0 Å². The molecule has 0 spiro atoms. The van der Waals surface area contributed by atoms with Gasteiger partial charge in [-0.25, -0.2) is 0 Å². The minimum atomic E-state index is -1.87. The minimum absolute atomic E-state index is 0.997. The van der Waals surface area contributed by atoms with Crippen molar-refractivity contribution in [1.29, 1.82) is 0 Å². The quantitative estimate of drug-likeness (QED) is 0.216. The summed E-state index contributed by atoms with van der Waals surface area (Å²) in [5, 5.41) is 5.18. The smallest absolute Gasteiger partial charge is 0.127 e. The molecule has 39 heavy (non-hydrogen) atoms. The lowest BCUT2D eigenvalue weighted by atomic mass is 10.0. The first-order valence-corrected chi connectivity index (χ1v) is 16.4. The van der Waals surface area contributed by atoms with Gasteiger partial charge in [0.05, 0.1) is 5.69 Å². The third-order valence-corrected chi connectivity index (χ3v) is 11.4. The Morgan fingerprint density at radius 3 is 2.00 bits per heavy atom. The Balaban J connectivity index is 1.30. The van der Waals surface area contributed by atoms with Crippen molar-refractivity contribution in [3.05, 3.63) is 140 Å². The maximum atomic E-state index is 6.32. The number of hydrogen-bond donors (Lipinski definition) is 0. The summed E-state index contributed by atoms with van der Waals surface area (Å²) < 4.78 is 6.32. The summed E-state index contributed by atoms with van der Waals surface area (Å²) in [6.07, 6.45) is 0. The summed E-state index contributed by atoms with van der Waals surface area (Å²) in [6.45, 7) is 4.84. The molecule has 0 unspecified atom stereocenters. The molecule has 0 amide bonds. The molecular formula is C36H29NOSi. The van der Waals surface area contributed by atoms with Gasteiger partial charge in [0, 0.05) is 16.8 Å². The number of rotatable bonds is 4. The van der Waals surface area contributed by atoms with E-state index in [1.807, 2.05) is 0 Å². The predicted molar refractivity (Wildman–Crippen MR) is 167 cm³/mol. The van der Waals surface area contributed by atoms with E-state index in [1.54, 1.807) is 0 Å². The predicted octanol–water partition coefficient (Wildman–Crippen LogP) is 8.90. The second-order valence-electron chi connectivity index (χ2n) is 10.7. The lowest BCUT2D eigenvalue weighted by Gasteiger charge is -2.33. The van der Waals surface area contributed by atoms with Crippen LogP contribution < -0.4 is 20.0 Å². The zero-order valence-corrected chi connectivity index (χ0v) is 23.1. The van der Waals surface area contributed by atoms with Crippen LogP contribution >= 0.6 is 0 Å². The number of nitrogens with zero attached hydrogens (tertiary/aromatic N) is 1. The fourth-order valence-electron chi connectivity index (χ4n) is 5.83. The van der Waals surface area contributed by atoms with E-state index < -0.39 is 8.07 Å². The van der Waals surface area contributed by atoms with Crippen LogP contribution in [0.25, 0.3) is 21.9 Å². The standard InChI is InChI=1S/C36H29NOSi/c1-39(2)35-18-9-8-17-33(35)38-34-24-21-28(25-36(34)39)26-19-22-30(23-20-26)37(29-13-4-3-5-14-29)32-16-10-12-27-11-6-7-15-31(27)32/h3-25H,1-2H3. The molecule has 1 aliphatic heterocycles. The van der Waals surface area contributed by atoms with E-state index in [9.17, 15) is 0 Å². The van der Waals surface area contributed by atoms with Crippen LogP contribution in [0, 0.1) is 0 Å². The molecule has 6 aromatic rings. The molecule has 1 aliphatic rings. The van der Waals surface area contributed by atoms with Gasteiger partial charge in [-0.05, 0) is 69.4 Å². The van der Waals surface area contributed by atoms with Crippen molar-refractivity contribution in [3.8, 4) is 22.6 Å². The van der Waals surface area contributed by atoms with Crippen molar-refractivity contribution in [2.75, 3.05) is 4.90 Å². The molecular weight excluding hydrogens is 490 g/mol. The maximum absolute atomic E-state index is 6.32. The van der Waals surface area contributed by atoms with E-state index in [1.165, 1.54) is 38.0 Å². The van der Waals surface area contributed by atoms with Gasteiger partial charge in [-0.2, -0.15) is 0 Å². The molecule has 1 heterocycles. The summed E-state index contributed by atoms with van der Waals surface area (Å²) in [6, 6.07) is 49.9. The summed E-state index contributed by atoms with van der Waals surface area (Å²) in [4.78, 5) is 2.35. The number of para-hydroxylation sites is 2. The summed E-state index contributed by atoms with van der Waals surface area (Å²) in [7, 11) is -1.87. The fourth-order valence-corrected chi connectivity index (χ4v) is 8.65. The van der Waals surface area contributed by atoms with E-state index in [-0.39, 0.29) is 0 Å². The normalized spacial score (nSPS) is 13.3. The highest BCUT2D eigenvalue weighted by Gasteiger charge is 2.36. The van der Waals surface area contributed by atoms with Crippen molar-refractivity contribution < 1.29 is 4.74 Å². The monoisotopic (exact) mass is 519 g/mol. The van der Waals surface area contributed by atoms with Crippen LogP contribution in [0.5, 0.6) is 11.5 Å². The van der Waals surface area contributed by atoms with Gasteiger partial charge in [-0.15, -0.1) is 0 Å². The van der Waals surface area contributed by atoms with Crippen LogP contribution in [0.1, 0.15) is 0 Å². The Kier molecular flexibility index (Phi) is 5.61. The number of hydrogen-bond acceptors (Lipinski definition) is 2. The van der Waals surface area contributed by atoms with Crippen LogP contribution in [-0.4, -0.2) is 8.07 Å². The topological polar surface area (TPSA) is 12.5 Å². The van der Waals surface area contributed by atoms with Crippen molar-refractivity contribution in [3.63, 3.8) is 0 Å². The highest BCUT2D eigenvalue weighted by atomic mass is 28.3. The van der Waals surface area contributed by atoms with Gasteiger partial charge in [-0.3, -0.25) is 0 Å². The summed E-state index contributed by atoms with van der Waals surface area (Å²) in [5.41, 5.74) is 5.87. The highest BCUT2D eigenvalue weighted by molar-refractivity contribution is 7.01. The Morgan fingerprint density at radius 1 is 0.513 bits per heavy atom. The van der Waals surface area contributed by atoms with Gasteiger partial charge in [0.15, 0.2) is 0 Å². The van der Waals surface area contributed by atoms with E-state index in [0.717, 1.165) is 22.9 Å². The Labute approximate surface area is 230 Å². The molecule has 0 bridgehead atoms. The van der Waals surface area contributed by atoms with Crippen molar-refractivity contribution >= 4 is 46.3 Å². The Morgan fingerprint density at radius 2 is 1.15 bits per heavy atom. The van der Waals surface area contributed by atoms with E-state index >= 15 is 0 Å².